The van der Waals surface area contributed by atoms with E-state index in [1.54, 1.807) is 12.1 Å². The molecule has 8 aromatic rings. The van der Waals surface area contributed by atoms with Gasteiger partial charge in [-0.2, -0.15) is 0 Å². The van der Waals surface area contributed by atoms with Crippen LogP contribution in [0.2, 0.25) is 0 Å². The second kappa shape index (κ2) is 22.7. The molecule has 0 saturated carbocycles. The normalized spacial score (nSPS) is 13.9. The van der Waals surface area contributed by atoms with Crippen LogP contribution in [-0.4, -0.2) is 5.11 Å². The number of ether oxygens (including phenoxy) is 1. The third-order valence-corrected chi connectivity index (χ3v) is 15.3. The number of phenolic OH excluding ortho intramolecular Hbond substituents is 1. The van der Waals surface area contributed by atoms with E-state index >= 15 is 0 Å². The van der Waals surface area contributed by atoms with Gasteiger partial charge in [0.1, 0.15) is 43.3 Å². The zero-order valence-corrected chi connectivity index (χ0v) is 37.8. The van der Waals surface area contributed by atoms with Gasteiger partial charge in [0, 0.05) is 11.2 Å². The van der Waals surface area contributed by atoms with Crippen LogP contribution in [0.3, 0.4) is 0 Å². The Morgan fingerprint density at radius 1 is 0.431 bits per heavy atom. The number of phenols is 1. The maximum Gasteiger partial charge on any atom is 0.102 e. The third kappa shape index (κ3) is 11.6. The first-order valence-corrected chi connectivity index (χ1v) is 26.8. The summed E-state index contributed by atoms with van der Waals surface area (Å²) < 4.78 is 6.02. The Morgan fingerprint density at radius 3 is 1.07 bits per heavy atom. The Labute approximate surface area is 368 Å². The first kappa shape index (κ1) is 43.2. The van der Waals surface area contributed by atoms with Crippen molar-refractivity contribution in [1.82, 2.24) is 0 Å². The minimum atomic E-state index is -0.877. The molecule has 1 atom stereocenters. The van der Waals surface area contributed by atoms with Crippen molar-refractivity contribution in [2.75, 3.05) is 0 Å². The first-order valence-electron chi connectivity index (χ1n) is 19.2. The number of benzene rings is 8. The molecule has 2 nitrogen and oxygen atoms in total. The SMILES string of the molecule is [CH2-]C1(c2ccccc2O)CCc2ccccc2O1.[Pd+][I].c1ccc([PH+](c2ccccc2)c2ccccc2)cc1.c1ccc([PH+](c2ccccc2)c2ccccc2)cc1. The Hall–Kier alpha value is -4.39. The molecule has 0 bridgehead atoms. The predicted molar refractivity (Wildman–Crippen MR) is 258 cm³/mol. The second-order valence-electron chi connectivity index (χ2n) is 13.7. The topological polar surface area (TPSA) is 29.5 Å². The number of aromatic hydroxyl groups is 1. The zero-order valence-electron chi connectivity index (χ0n) is 32.1. The molecule has 8 aromatic carbocycles. The summed E-state index contributed by atoms with van der Waals surface area (Å²) in [4.78, 5) is 0. The van der Waals surface area contributed by atoms with Gasteiger partial charge in [0.05, 0.1) is 15.8 Å². The Kier molecular flexibility index (Phi) is 16.9. The Balaban J connectivity index is 0.000000144. The Morgan fingerprint density at radius 2 is 0.724 bits per heavy atom. The van der Waals surface area contributed by atoms with Gasteiger partial charge in [0.2, 0.25) is 0 Å². The van der Waals surface area contributed by atoms with Crippen LogP contribution in [0.4, 0.5) is 0 Å². The molecule has 0 fully saturated rings. The van der Waals surface area contributed by atoms with E-state index in [-0.39, 0.29) is 5.75 Å². The van der Waals surface area contributed by atoms with E-state index in [1.165, 1.54) is 37.4 Å². The molecule has 0 amide bonds. The van der Waals surface area contributed by atoms with Crippen LogP contribution in [0.1, 0.15) is 17.5 Å². The van der Waals surface area contributed by atoms with Gasteiger partial charge in [-0.3, -0.25) is 6.92 Å². The minimum absolute atomic E-state index is 0.242. The second-order valence-corrected chi connectivity index (χ2v) is 18.6. The van der Waals surface area contributed by atoms with E-state index in [2.05, 4.69) is 211 Å². The molecule has 6 heteroatoms. The molecule has 9 rings (SSSR count). The van der Waals surface area contributed by atoms with E-state index < -0.39 is 21.4 Å². The van der Waals surface area contributed by atoms with Crippen molar-refractivity contribution in [2.24, 2.45) is 0 Å². The molecular formula is C52H47IO2P2Pd+2. The summed E-state index contributed by atoms with van der Waals surface area (Å²) in [5.74, 6) is 1.11. The zero-order chi connectivity index (χ0) is 40.4. The van der Waals surface area contributed by atoms with Gasteiger partial charge in [-0.25, -0.2) is 0 Å². The van der Waals surface area contributed by atoms with Gasteiger partial charge in [-0.05, 0) is 103 Å². The molecular weight excluding hydrogens is 952 g/mol. The van der Waals surface area contributed by atoms with E-state index in [1.807, 2.05) is 49.8 Å². The van der Waals surface area contributed by atoms with Crippen molar-refractivity contribution in [3.63, 3.8) is 0 Å². The summed E-state index contributed by atoms with van der Waals surface area (Å²) in [5.41, 5.74) is 1.26. The third-order valence-electron chi connectivity index (χ3n) is 9.85. The van der Waals surface area contributed by atoms with Crippen LogP contribution in [0.25, 0.3) is 0 Å². The van der Waals surface area contributed by atoms with Crippen LogP contribution in [0.5, 0.6) is 11.5 Å². The van der Waals surface area contributed by atoms with Gasteiger partial charge in [0.15, 0.2) is 0 Å². The van der Waals surface area contributed by atoms with Crippen LogP contribution in [0.15, 0.2) is 231 Å². The van der Waals surface area contributed by atoms with Gasteiger partial charge in [-0.1, -0.05) is 146 Å². The number of aryl methyl sites for hydroxylation is 1. The number of fused-ring (bicyclic) bond motifs is 1. The molecule has 292 valence electrons. The Bertz CT molecular complexity index is 2070. The number of para-hydroxylation sites is 2. The van der Waals surface area contributed by atoms with Crippen LogP contribution >= 0.6 is 35.4 Å². The fraction of sp³-hybridized carbons (Fsp3) is 0.0577. The largest absolute Gasteiger partial charge is 0.102 e. The predicted octanol–water partition coefficient (Wildman–Crippen LogP) is 10.7. The van der Waals surface area contributed by atoms with Gasteiger partial charge in [0.25, 0.3) is 0 Å². The fourth-order valence-electron chi connectivity index (χ4n) is 7.09. The van der Waals surface area contributed by atoms with Gasteiger partial charge >= 0.3 is 35.1 Å². The first-order chi connectivity index (χ1) is 28.6. The molecule has 1 N–H and O–H groups in total. The average molecular weight is 999 g/mol. The molecule has 0 aliphatic carbocycles. The van der Waals surface area contributed by atoms with Crippen LogP contribution in [-0.2, 0) is 27.6 Å². The van der Waals surface area contributed by atoms with E-state index in [0.717, 1.165) is 24.2 Å². The summed E-state index contributed by atoms with van der Waals surface area (Å²) in [6.07, 6.45) is 1.68. The molecule has 1 aliphatic rings. The standard InChI is InChI=1S/2C18H15P.C16H15O2.HI.Pd/c2*1-4-10-16(11-5-1)19(17-12-6-2-7-13-17)18-14-8-3-9-15-18;1-16(13-7-3-4-8-14(13)17)11-10-12-6-2-5-9-15(12)18-16;;/h2*1-15H;2-9,17H,1,10-11H2;1H;/q;;-1;;+2/p+1. The van der Waals surface area contributed by atoms with Gasteiger partial charge in [-0.15, -0.1) is 0 Å². The summed E-state index contributed by atoms with van der Waals surface area (Å²) in [5, 5.41) is 18.6. The molecule has 1 heterocycles. The molecule has 1 aliphatic heterocycles. The monoisotopic (exact) mass is 998 g/mol. The molecule has 58 heavy (non-hydrogen) atoms. The van der Waals surface area contributed by atoms with E-state index in [9.17, 15) is 5.11 Å². The quantitative estimate of drug-likeness (QED) is 0.0746. The van der Waals surface area contributed by atoms with Crippen molar-refractivity contribution in [3.05, 3.63) is 249 Å². The van der Waals surface area contributed by atoms with E-state index in [4.69, 9.17) is 4.74 Å². The molecule has 0 spiro atoms. The molecule has 0 radical (unpaired) electrons. The van der Waals surface area contributed by atoms with Crippen molar-refractivity contribution in [2.45, 2.75) is 18.4 Å². The maximum atomic E-state index is 9.96. The van der Waals surface area contributed by atoms with Crippen LogP contribution in [0, 0.1) is 6.92 Å². The van der Waals surface area contributed by atoms with Crippen LogP contribution < -0.4 is 36.6 Å². The maximum absolute atomic E-state index is 9.96. The van der Waals surface area contributed by atoms with E-state index in [0.29, 0.717) is 0 Å². The number of rotatable bonds is 7. The van der Waals surface area contributed by atoms with Crippen molar-refractivity contribution in [3.8, 4) is 11.5 Å². The summed E-state index contributed by atoms with van der Waals surface area (Å²) in [6.45, 7) is 4.18. The van der Waals surface area contributed by atoms with Crippen molar-refractivity contribution in [1.29, 1.82) is 0 Å². The summed E-state index contributed by atoms with van der Waals surface area (Å²) in [7, 11) is -1.75. The molecule has 0 saturated heterocycles. The molecule has 0 aromatic heterocycles. The van der Waals surface area contributed by atoms with Crippen molar-refractivity contribution < 1.29 is 25.4 Å². The number of hydrogen-bond acceptors (Lipinski definition) is 2. The summed E-state index contributed by atoms with van der Waals surface area (Å²) >= 11 is 4.72. The molecule has 1 unspecified atom stereocenters. The number of halogens is 1. The van der Waals surface area contributed by atoms with Gasteiger partial charge < -0.3 is 9.84 Å². The smallest absolute Gasteiger partial charge is 0.0620 e. The summed E-state index contributed by atoms with van der Waals surface area (Å²) in [6, 6.07) is 80.2. The number of hydrogen-bond donors (Lipinski definition) is 1. The average Bonchev–Trinajstić information content (AvgIpc) is 3.30. The fourth-order valence-corrected chi connectivity index (χ4v) is 12.2. The minimum Gasteiger partial charge on any atom is -0.0620 e. The van der Waals surface area contributed by atoms with Crippen molar-refractivity contribution >= 4 is 67.2 Å².